The lowest BCUT2D eigenvalue weighted by atomic mass is 10.5. The van der Waals surface area contributed by atoms with E-state index in [0.717, 1.165) is 0 Å². The van der Waals surface area contributed by atoms with Gasteiger partial charge in [-0.25, -0.2) is 0 Å². The average molecular weight is 151 g/mol. The molecule has 0 fully saturated rings. The third-order valence-electron chi connectivity index (χ3n) is 0.727. The molecule has 0 atom stereocenters. The van der Waals surface area contributed by atoms with E-state index in [2.05, 4.69) is 0 Å². The van der Waals surface area contributed by atoms with Gasteiger partial charge in [-0.2, -0.15) is 0 Å². The van der Waals surface area contributed by atoms with Gasteiger partial charge in [-0.3, -0.25) is 0 Å². The van der Waals surface area contributed by atoms with E-state index in [1.807, 2.05) is 5.38 Å². The zero-order valence-electron chi connectivity index (χ0n) is 4.13. The average Bonchev–Trinajstić information content (AvgIpc) is 1.91. The Bertz CT molecular complexity index is 146. The van der Waals surface area contributed by atoms with Crippen molar-refractivity contribution in [3.63, 3.8) is 0 Å². The summed E-state index contributed by atoms with van der Waals surface area (Å²) in [7, 11) is 0. The van der Waals surface area contributed by atoms with Crippen molar-refractivity contribution in [2.75, 3.05) is 11.5 Å². The zero-order chi connectivity index (χ0) is 5.28. The summed E-state index contributed by atoms with van der Waals surface area (Å²) in [4.78, 5) is 0. The first-order valence-corrected chi connectivity index (χ1v) is 2.77. The van der Waals surface area contributed by atoms with Gasteiger partial charge in [0.2, 0.25) is 0 Å². The van der Waals surface area contributed by atoms with Crippen molar-refractivity contribution >= 4 is 34.4 Å². The van der Waals surface area contributed by atoms with Crippen LogP contribution in [-0.4, -0.2) is 0 Å². The Hall–Kier alpha value is -0.410. The van der Waals surface area contributed by atoms with Crippen LogP contribution in [0.4, 0.5) is 10.7 Å². The Kier molecular flexibility index (Phi) is 2.65. The topological polar surface area (TPSA) is 52.0 Å². The molecule has 0 unspecified atom stereocenters. The van der Waals surface area contributed by atoms with E-state index in [1.165, 1.54) is 11.3 Å². The third kappa shape index (κ3) is 1.28. The highest BCUT2D eigenvalue weighted by Gasteiger charge is 1.88. The maximum absolute atomic E-state index is 5.33. The predicted octanol–water partition coefficient (Wildman–Crippen LogP) is 1.33. The summed E-state index contributed by atoms with van der Waals surface area (Å²) in [6, 6.07) is 1.79. The fourth-order valence-corrected chi connectivity index (χ4v) is 0.896. The first-order chi connectivity index (χ1) is 3.30. The Balaban J connectivity index is 0.000000490. The number of nitrogens with two attached hydrogens (primary N) is 2. The largest absolute Gasteiger partial charge is 0.396 e. The molecule has 0 aliphatic rings. The SMILES string of the molecule is Cl.Nc1ccsc1N. The van der Waals surface area contributed by atoms with Crippen LogP contribution in [0.15, 0.2) is 11.4 Å². The fraction of sp³-hybridized carbons (Fsp3) is 0. The molecular formula is C4H7ClN2S. The highest BCUT2D eigenvalue weighted by atomic mass is 35.5. The van der Waals surface area contributed by atoms with Crippen LogP contribution in [0.5, 0.6) is 0 Å². The fourth-order valence-electron chi connectivity index (χ4n) is 0.331. The second kappa shape index (κ2) is 2.79. The summed E-state index contributed by atoms with van der Waals surface area (Å²) in [6.07, 6.45) is 0. The Morgan fingerprint density at radius 1 is 1.38 bits per heavy atom. The molecule has 1 heterocycles. The minimum atomic E-state index is 0. The van der Waals surface area contributed by atoms with E-state index in [1.54, 1.807) is 6.07 Å². The van der Waals surface area contributed by atoms with Crippen molar-refractivity contribution in [2.24, 2.45) is 0 Å². The molecule has 0 saturated heterocycles. The second-order valence-electron chi connectivity index (χ2n) is 1.24. The maximum atomic E-state index is 5.33. The molecule has 0 aromatic carbocycles. The number of rotatable bonds is 0. The summed E-state index contributed by atoms with van der Waals surface area (Å²) in [5.41, 5.74) is 11.3. The molecular weight excluding hydrogens is 144 g/mol. The van der Waals surface area contributed by atoms with E-state index in [4.69, 9.17) is 11.5 Å². The third-order valence-corrected chi connectivity index (χ3v) is 1.49. The minimum Gasteiger partial charge on any atom is -0.396 e. The van der Waals surface area contributed by atoms with Gasteiger partial charge in [0.15, 0.2) is 0 Å². The molecule has 0 amide bonds. The number of hydrogen-bond donors (Lipinski definition) is 2. The normalized spacial score (nSPS) is 8.00. The number of anilines is 2. The number of nitrogen functional groups attached to an aromatic ring is 2. The Labute approximate surface area is 57.9 Å². The van der Waals surface area contributed by atoms with E-state index < -0.39 is 0 Å². The van der Waals surface area contributed by atoms with E-state index >= 15 is 0 Å². The maximum Gasteiger partial charge on any atom is 0.109 e. The molecule has 0 aliphatic carbocycles. The van der Waals surface area contributed by atoms with Crippen LogP contribution < -0.4 is 11.5 Å². The van der Waals surface area contributed by atoms with Crippen LogP contribution in [0.2, 0.25) is 0 Å². The molecule has 1 rings (SSSR count). The highest BCUT2D eigenvalue weighted by Crippen LogP contribution is 2.19. The monoisotopic (exact) mass is 150 g/mol. The molecule has 0 bridgehead atoms. The van der Waals surface area contributed by atoms with Gasteiger partial charge in [-0.1, -0.05) is 0 Å². The lowest BCUT2D eigenvalue weighted by Crippen LogP contribution is -1.86. The van der Waals surface area contributed by atoms with E-state index in [0.29, 0.717) is 10.7 Å². The van der Waals surface area contributed by atoms with Gasteiger partial charge in [-0.05, 0) is 11.4 Å². The van der Waals surface area contributed by atoms with Gasteiger partial charge in [0, 0.05) is 0 Å². The van der Waals surface area contributed by atoms with Gasteiger partial charge >= 0.3 is 0 Å². The summed E-state index contributed by atoms with van der Waals surface area (Å²) >= 11 is 1.46. The van der Waals surface area contributed by atoms with Crippen molar-refractivity contribution in [1.82, 2.24) is 0 Å². The van der Waals surface area contributed by atoms with E-state index in [9.17, 15) is 0 Å². The molecule has 4 N–H and O–H groups in total. The van der Waals surface area contributed by atoms with Gasteiger partial charge in [0.25, 0.3) is 0 Å². The molecule has 0 saturated carbocycles. The molecule has 0 aliphatic heterocycles. The predicted molar refractivity (Wildman–Crippen MR) is 40.4 cm³/mol. The van der Waals surface area contributed by atoms with Crippen molar-refractivity contribution in [3.8, 4) is 0 Å². The molecule has 0 radical (unpaired) electrons. The second-order valence-corrected chi connectivity index (χ2v) is 2.19. The lowest BCUT2D eigenvalue weighted by molar-refractivity contribution is 1.85. The van der Waals surface area contributed by atoms with E-state index in [-0.39, 0.29) is 12.4 Å². The van der Waals surface area contributed by atoms with Gasteiger partial charge in [0.1, 0.15) is 5.00 Å². The molecule has 1 aromatic rings. The van der Waals surface area contributed by atoms with Crippen LogP contribution in [0, 0.1) is 0 Å². The molecule has 1 aromatic heterocycles. The standard InChI is InChI=1S/C4H6N2S.ClH/c5-3-1-2-7-4(3)6;/h1-2H,5-6H2;1H. The Morgan fingerprint density at radius 2 is 2.00 bits per heavy atom. The van der Waals surface area contributed by atoms with Crippen LogP contribution in [0.25, 0.3) is 0 Å². The number of halogens is 1. The minimum absolute atomic E-state index is 0. The van der Waals surface area contributed by atoms with Crippen molar-refractivity contribution in [3.05, 3.63) is 11.4 Å². The van der Waals surface area contributed by atoms with Crippen LogP contribution >= 0.6 is 23.7 Å². The lowest BCUT2D eigenvalue weighted by Gasteiger charge is -1.81. The van der Waals surface area contributed by atoms with Crippen LogP contribution in [0.3, 0.4) is 0 Å². The molecule has 0 spiro atoms. The molecule has 2 nitrogen and oxygen atoms in total. The van der Waals surface area contributed by atoms with Crippen LogP contribution in [0.1, 0.15) is 0 Å². The van der Waals surface area contributed by atoms with Gasteiger partial charge in [0.05, 0.1) is 5.69 Å². The van der Waals surface area contributed by atoms with Crippen molar-refractivity contribution in [1.29, 1.82) is 0 Å². The quantitative estimate of drug-likeness (QED) is 0.587. The van der Waals surface area contributed by atoms with Crippen molar-refractivity contribution in [2.45, 2.75) is 0 Å². The molecule has 8 heavy (non-hydrogen) atoms. The zero-order valence-corrected chi connectivity index (χ0v) is 5.76. The first-order valence-electron chi connectivity index (χ1n) is 1.89. The first kappa shape index (κ1) is 7.59. The highest BCUT2D eigenvalue weighted by molar-refractivity contribution is 7.14. The number of hydrogen-bond acceptors (Lipinski definition) is 3. The summed E-state index contributed by atoms with van der Waals surface area (Å²) in [6.45, 7) is 0. The van der Waals surface area contributed by atoms with Crippen LogP contribution in [-0.2, 0) is 0 Å². The molecule has 4 heteroatoms. The Morgan fingerprint density at radius 3 is 2.12 bits per heavy atom. The summed E-state index contributed by atoms with van der Waals surface area (Å²) < 4.78 is 0. The molecule has 46 valence electrons. The summed E-state index contributed by atoms with van der Waals surface area (Å²) in [5.74, 6) is 0. The number of thiophene rings is 1. The van der Waals surface area contributed by atoms with Gasteiger partial charge < -0.3 is 11.5 Å². The van der Waals surface area contributed by atoms with Gasteiger partial charge in [-0.15, -0.1) is 23.7 Å². The van der Waals surface area contributed by atoms with Crippen molar-refractivity contribution < 1.29 is 0 Å². The summed E-state index contributed by atoms with van der Waals surface area (Å²) in [5, 5.41) is 2.57. The smallest absolute Gasteiger partial charge is 0.109 e.